The van der Waals surface area contributed by atoms with Gasteiger partial charge in [-0.05, 0) is 49.4 Å². The molecule has 31 heavy (non-hydrogen) atoms. The summed E-state index contributed by atoms with van der Waals surface area (Å²) < 4.78 is 27.0. The maximum Gasteiger partial charge on any atom is 0.224 e. The number of nitriles is 1. The minimum atomic E-state index is -3.17. The van der Waals surface area contributed by atoms with Gasteiger partial charge in [0.15, 0.2) is 0 Å². The van der Waals surface area contributed by atoms with Gasteiger partial charge in [-0.15, -0.1) is 0 Å². The van der Waals surface area contributed by atoms with E-state index in [1.807, 2.05) is 41.1 Å². The summed E-state index contributed by atoms with van der Waals surface area (Å²) in [5, 5.41) is 13.5. The van der Waals surface area contributed by atoms with Crippen molar-refractivity contribution in [1.29, 1.82) is 5.26 Å². The molecule has 2 aromatic heterocycles. The van der Waals surface area contributed by atoms with E-state index >= 15 is 0 Å². The van der Waals surface area contributed by atoms with Gasteiger partial charge in [-0.2, -0.15) is 10.2 Å². The van der Waals surface area contributed by atoms with Crippen molar-refractivity contribution in [2.75, 3.05) is 18.6 Å². The molecule has 3 aromatic rings. The lowest BCUT2D eigenvalue weighted by Gasteiger charge is -2.33. The predicted octanol–water partition coefficient (Wildman–Crippen LogP) is 3.10. The lowest BCUT2D eigenvalue weighted by Crippen LogP contribution is -2.41. The predicted molar refractivity (Wildman–Crippen MR) is 120 cm³/mol. The molecule has 1 aliphatic carbocycles. The van der Waals surface area contributed by atoms with Crippen LogP contribution in [0.15, 0.2) is 42.7 Å². The van der Waals surface area contributed by atoms with E-state index in [2.05, 4.69) is 16.4 Å². The molecule has 9 heteroatoms. The van der Waals surface area contributed by atoms with Gasteiger partial charge in [0.2, 0.25) is 16.0 Å². The second-order valence-electron chi connectivity index (χ2n) is 8.04. The van der Waals surface area contributed by atoms with E-state index in [-0.39, 0.29) is 12.1 Å². The van der Waals surface area contributed by atoms with Gasteiger partial charge < -0.3 is 9.88 Å². The van der Waals surface area contributed by atoms with Crippen LogP contribution in [0.3, 0.4) is 0 Å². The summed E-state index contributed by atoms with van der Waals surface area (Å²) in [7, 11) is -1.51. The molecule has 4 rings (SSSR count). The Morgan fingerprint density at radius 1 is 1.23 bits per heavy atom. The average Bonchev–Trinajstić information content (AvgIpc) is 3.19. The fraction of sp³-hybridized carbons (Fsp3) is 0.409. The Morgan fingerprint density at radius 2 is 2.00 bits per heavy atom. The number of nitrogens with one attached hydrogen (secondary N) is 1. The highest BCUT2D eigenvalue weighted by molar-refractivity contribution is 7.88. The molecule has 0 unspecified atom stereocenters. The van der Waals surface area contributed by atoms with E-state index < -0.39 is 10.0 Å². The third-order valence-corrected chi connectivity index (χ3v) is 7.39. The molecule has 1 fully saturated rings. The summed E-state index contributed by atoms with van der Waals surface area (Å²) in [4.78, 5) is 9.08. The van der Waals surface area contributed by atoms with Crippen LogP contribution in [-0.4, -0.2) is 52.6 Å². The van der Waals surface area contributed by atoms with Gasteiger partial charge in [0.25, 0.3) is 0 Å². The summed E-state index contributed by atoms with van der Waals surface area (Å²) >= 11 is 0. The highest BCUT2D eigenvalue weighted by atomic mass is 32.2. The Morgan fingerprint density at radius 3 is 2.71 bits per heavy atom. The van der Waals surface area contributed by atoms with Crippen molar-refractivity contribution in [3.63, 3.8) is 0 Å². The standard InChI is InChI=1S/C22H26N6O2S/c1-27(31(2,29)30)18-8-6-17(7-9-18)25-22-24-14-11-21(26-22)28-15-12-19-16(10-13-23)4-3-5-20(19)28/h3-5,11-12,14-15,17-18H,6-10H2,1-2H3,(H,24,25,26)/t17-,18-. The lowest BCUT2D eigenvalue weighted by molar-refractivity contribution is 0.276. The third-order valence-electron chi connectivity index (χ3n) is 6.05. The molecule has 0 radical (unpaired) electrons. The van der Waals surface area contributed by atoms with Gasteiger partial charge in [-0.25, -0.2) is 17.7 Å². The zero-order valence-corrected chi connectivity index (χ0v) is 18.5. The van der Waals surface area contributed by atoms with Crippen molar-refractivity contribution in [3.05, 3.63) is 48.3 Å². The summed E-state index contributed by atoms with van der Waals surface area (Å²) in [6.07, 6.45) is 8.67. The molecular weight excluding hydrogens is 412 g/mol. The molecule has 0 spiro atoms. The molecule has 0 atom stereocenters. The fourth-order valence-corrected chi connectivity index (χ4v) is 5.01. The second-order valence-corrected chi connectivity index (χ2v) is 10.1. The van der Waals surface area contributed by atoms with Crippen molar-refractivity contribution >= 4 is 26.9 Å². The highest BCUT2D eigenvalue weighted by Gasteiger charge is 2.28. The molecule has 0 bridgehead atoms. The summed E-state index contributed by atoms with van der Waals surface area (Å²) in [6.45, 7) is 0. The Kier molecular flexibility index (Phi) is 5.94. The first-order valence-electron chi connectivity index (χ1n) is 10.4. The van der Waals surface area contributed by atoms with E-state index in [4.69, 9.17) is 10.2 Å². The topological polar surface area (TPSA) is 104 Å². The Bertz CT molecular complexity index is 1220. The number of anilines is 1. The van der Waals surface area contributed by atoms with Gasteiger partial charge in [-0.1, -0.05) is 12.1 Å². The lowest BCUT2D eigenvalue weighted by atomic mass is 9.91. The van der Waals surface area contributed by atoms with Crippen LogP contribution < -0.4 is 5.32 Å². The minimum Gasteiger partial charge on any atom is -0.351 e. The summed E-state index contributed by atoms with van der Waals surface area (Å²) in [6, 6.07) is 12.3. The monoisotopic (exact) mass is 438 g/mol. The SMILES string of the molecule is CN([C@H]1CC[C@H](Nc2nccc(-n3ccc4c(CC#N)cccc43)n2)CC1)S(C)(=O)=O. The minimum absolute atomic E-state index is 0.0501. The van der Waals surface area contributed by atoms with Crippen molar-refractivity contribution in [2.24, 2.45) is 0 Å². The first-order valence-corrected chi connectivity index (χ1v) is 12.2. The van der Waals surface area contributed by atoms with Gasteiger partial charge in [0.1, 0.15) is 5.82 Å². The van der Waals surface area contributed by atoms with E-state index in [0.717, 1.165) is 48.0 Å². The molecule has 1 N–H and O–H groups in total. The van der Waals surface area contributed by atoms with E-state index in [1.54, 1.807) is 13.2 Å². The number of sulfonamides is 1. The molecule has 8 nitrogen and oxygen atoms in total. The third kappa shape index (κ3) is 4.55. The molecule has 1 saturated carbocycles. The van der Waals surface area contributed by atoms with E-state index in [0.29, 0.717) is 12.4 Å². The van der Waals surface area contributed by atoms with Crippen LogP contribution >= 0.6 is 0 Å². The van der Waals surface area contributed by atoms with Gasteiger partial charge >= 0.3 is 0 Å². The van der Waals surface area contributed by atoms with Crippen molar-refractivity contribution in [1.82, 2.24) is 18.8 Å². The van der Waals surface area contributed by atoms with Crippen LogP contribution in [0.2, 0.25) is 0 Å². The number of hydrogen-bond acceptors (Lipinski definition) is 6. The largest absolute Gasteiger partial charge is 0.351 e. The summed E-state index contributed by atoms with van der Waals surface area (Å²) in [5.41, 5.74) is 2.00. The first kappa shape index (κ1) is 21.3. The van der Waals surface area contributed by atoms with Crippen molar-refractivity contribution in [3.8, 4) is 11.9 Å². The molecule has 0 saturated heterocycles. The molecule has 162 valence electrons. The zero-order valence-electron chi connectivity index (χ0n) is 17.7. The molecule has 0 aliphatic heterocycles. The van der Waals surface area contributed by atoms with Gasteiger partial charge in [0, 0.05) is 36.9 Å². The Labute approximate surface area is 182 Å². The molecule has 0 amide bonds. The summed E-state index contributed by atoms with van der Waals surface area (Å²) in [5.74, 6) is 1.32. The van der Waals surface area contributed by atoms with E-state index in [1.165, 1.54) is 10.6 Å². The number of fused-ring (bicyclic) bond motifs is 1. The first-order chi connectivity index (χ1) is 14.9. The number of benzene rings is 1. The van der Waals surface area contributed by atoms with Crippen LogP contribution in [0.4, 0.5) is 5.95 Å². The Balaban J connectivity index is 1.49. The van der Waals surface area contributed by atoms with Crippen LogP contribution in [0.1, 0.15) is 31.2 Å². The zero-order chi connectivity index (χ0) is 22.0. The number of hydrogen-bond donors (Lipinski definition) is 1. The normalized spacial score (nSPS) is 19.4. The molecule has 1 aromatic carbocycles. The molecule has 1 aliphatic rings. The maximum absolute atomic E-state index is 11.8. The molecular formula is C22H26N6O2S. The smallest absolute Gasteiger partial charge is 0.224 e. The van der Waals surface area contributed by atoms with Gasteiger partial charge in [-0.3, -0.25) is 0 Å². The van der Waals surface area contributed by atoms with Crippen LogP contribution in [0, 0.1) is 11.3 Å². The number of aromatic nitrogens is 3. The number of nitrogens with zero attached hydrogens (tertiary/aromatic N) is 5. The van der Waals surface area contributed by atoms with Crippen LogP contribution in [0.5, 0.6) is 0 Å². The molecule has 2 heterocycles. The van der Waals surface area contributed by atoms with Crippen molar-refractivity contribution in [2.45, 2.75) is 44.2 Å². The van der Waals surface area contributed by atoms with Crippen LogP contribution in [0.25, 0.3) is 16.7 Å². The van der Waals surface area contributed by atoms with Crippen molar-refractivity contribution < 1.29 is 8.42 Å². The second kappa shape index (κ2) is 8.65. The number of rotatable bonds is 6. The van der Waals surface area contributed by atoms with E-state index in [9.17, 15) is 8.42 Å². The average molecular weight is 439 g/mol. The van der Waals surface area contributed by atoms with Crippen LogP contribution in [-0.2, 0) is 16.4 Å². The quantitative estimate of drug-likeness (QED) is 0.634. The fourth-order valence-electron chi connectivity index (χ4n) is 4.26. The Hall–Kier alpha value is -2.96. The highest BCUT2D eigenvalue weighted by Crippen LogP contribution is 2.26. The maximum atomic E-state index is 11.8. The van der Waals surface area contributed by atoms with Gasteiger partial charge in [0.05, 0.1) is 24.3 Å².